The SMILES string of the molecule is C=C(/C=C\C(=C)N(C)CCN(C)C)C(=O)OCC. The molecule has 0 heterocycles. The van der Waals surface area contributed by atoms with Crippen molar-refractivity contribution in [2.45, 2.75) is 6.92 Å². The van der Waals surface area contributed by atoms with Crippen LogP contribution in [0.4, 0.5) is 0 Å². The summed E-state index contributed by atoms with van der Waals surface area (Å²) >= 11 is 0. The number of rotatable bonds is 8. The van der Waals surface area contributed by atoms with Crippen LogP contribution in [-0.4, -0.2) is 56.6 Å². The molecule has 0 spiro atoms. The van der Waals surface area contributed by atoms with E-state index in [1.165, 1.54) is 0 Å². The van der Waals surface area contributed by atoms with Crippen LogP contribution < -0.4 is 0 Å². The second-order valence-electron chi connectivity index (χ2n) is 4.30. The molecule has 0 unspecified atom stereocenters. The molecule has 0 saturated heterocycles. The topological polar surface area (TPSA) is 32.8 Å². The predicted molar refractivity (Wildman–Crippen MR) is 75.2 cm³/mol. The molecule has 0 rings (SSSR count). The summed E-state index contributed by atoms with van der Waals surface area (Å²) in [7, 11) is 6.01. The third-order valence-electron chi connectivity index (χ3n) is 2.39. The van der Waals surface area contributed by atoms with Crippen LogP contribution in [0.15, 0.2) is 36.6 Å². The van der Waals surface area contributed by atoms with Crippen LogP contribution in [0.3, 0.4) is 0 Å². The average molecular weight is 252 g/mol. The van der Waals surface area contributed by atoms with E-state index in [4.69, 9.17) is 4.74 Å². The summed E-state index contributed by atoms with van der Waals surface area (Å²) in [4.78, 5) is 15.4. The number of carbonyl (C=O) groups is 1. The number of carbonyl (C=O) groups excluding carboxylic acids is 1. The van der Waals surface area contributed by atoms with Crippen LogP contribution in [0.2, 0.25) is 0 Å². The van der Waals surface area contributed by atoms with Crippen molar-refractivity contribution in [2.24, 2.45) is 0 Å². The summed E-state index contributed by atoms with van der Waals surface area (Å²) in [5.41, 5.74) is 1.17. The molecule has 0 aromatic carbocycles. The number of esters is 1. The summed E-state index contributed by atoms with van der Waals surface area (Å²) in [5.74, 6) is -0.391. The van der Waals surface area contributed by atoms with Crippen LogP contribution in [-0.2, 0) is 9.53 Å². The molecule has 0 atom stereocenters. The normalized spacial score (nSPS) is 10.7. The highest BCUT2D eigenvalue weighted by Gasteiger charge is 2.04. The lowest BCUT2D eigenvalue weighted by Crippen LogP contribution is -2.27. The molecule has 0 aliphatic carbocycles. The molecular weight excluding hydrogens is 228 g/mol. The van der Waals surface area contributed by atoms with E-state index >= 15 is 0 Å². The molecule has 0 aliphatic heterocycles. The fraction of sp³-hybridized carbons (Fsp3) is 0.500. The Labute approximate surface area is 110 Å². The minimum absolute atomic E-state index is 0.332. The van der Waals surface area contributed by atoms with Gasteiger partial charge in [-0.3, -0.25) is 0 Å². The van der Waals surface area contributed by atoms with Gasteiger partial charge >= 0.3 is 5.97 Å². The Balaban J connectivity index is 4.21. The van der Waals surface area contributed by atoms with Crippen molar-refractivity contribution < 1.29 is 9.53 Å². The Kier molecular flexibility index (Phi) is 7.79. The second kappa shape index (κ2) is 8.53. The summed E-state index contributed by atoms with van der Waals surface area (Å²) in [6.45, 7) is 11.5. The maximum absolute atomic E-state index is 11.3. The maximum atomic E-state index is 11.3. The molecule has 0 radical (unpaired) electrons. The zero-order chi connectivity index (χ0) is 14.1. The van der Waals surface area contributed by atoms with Gasteiger partial charge in [-0.1, -0.05) is 13.2 Å². The molecular formula is C14H24N2O2. The van der Waals surface area contributed by atoms with Crippen LogP contribution in [0.5, 0.6) is 0 Å². The predicted octanol–water partition coefficient (Wildman–Crippen LogP) is 1.67. The Bertz CT molecular complexity index is 333. The third-order valence-corrected chi connectivity index (χ3v) is 2.39. The second-order valence-corrected chi connectivity index (χ2v) is 4.30. The Morgan fingerprint density at radius 2 is 1.78 bits per heavy atom. The molecule has 0 aromatic heterocycles. The fourth-order valence-corrected chi connectivity index (χ4v) is 1.11. The van der Waals surface area contributed by atoms with Crippen molar-refractivity contribution in [3.63, 3.8) is 0 Å². The van der Waals surface area contributed by atoms with Gasteiger partial charge in [0.25, 0.3) is 0 Å². The van der Waals surface area contributed by atoms with E-state index in [0.717, 1.165) is 18.8 Å². The van der Waals surface area contributed by atoms with Crippen molar-refractivity contribution in [3.8, 4) is 0 Å². The van der Waals surface area contributed by atoms with Gasteiger partial charge < -0.3 is 14.5 Å². The van der Waals surface area contributed by atoms with Gasteiger partial charge in [0.1, 0.15) is 0 Å². The number of nitrogens with zero attached hydrogens (tertiary/aromatic N) is 2. The van der Waals surface area contributed by atoms with Crippen LogP contribution in [0.1, 0.15) is 6.92 Å². The van der Waals surface area contributed by atoms with Crippen LogP contribution >= 0.6 is 0 Å². The van der Waals surface area contributed by atoms with Gasteiger partial charge in [-0.15, -0.1) is 0 Å². The van der Waals surface area contributed by atoms with Crippen LogP contribution in [0, 0.1) is 0 Å². The molecule has 0 amide bonds. The van der Waals surface area contributed by atoms with E-state index < -0.39 is 5.97 Å². The molecule has 0 aliphatic rings. The number of hydrogen-bond acceptors (Lipinski definition) is 4. The number of hydrogen-bond donors (Lipinski definition) is 0. The third kappa shape index (κ3) is 6.91. The smallest absolute Gasteiger partial charge is 0.337 e. The molecule has 4 nitrogen and oxygen atoms in total. The zero-order valence-electron chi connectivity index (χ0n) is 11.9. The minimum Gasteiger partial charge on any atom is -0.462 e. The Morgan fingerprint density at radius 3 is 2.28 bits per heavy atom. The van der Waals surface area contributed by atoms with Crippen molar-refractivity contribution in [2.75, 3.05) is 40.8 Å². The molecule has 0 N–H and O–H groups in total. The molecule has 4 heteroatoms. The lowest BCUT2D eigenvalue weighted by Gasteiger charge is -2.21. The lowest BCUT2D eigenvalue weighted by molar-refractivity contribution is -0.138. The van der Waals surface area contributed by atoms with Gasteiger partial charge in [0.2, 0.25) is 0 Å². The average Bonchev–Trinajstić information content (AvgIpc) is 2.32. The van der Waals surface area contributed by atoms with E-state index in [1.807, 2.05) is 26.0 Å². The molecule has 0 aromatic rings. The first-order chi connectivity index (χ1) is 8.38. The monoisotopic (exact) mass is 252 g/mol. The van der Waals surface area contributed by atoms with E-state index in [-0.39, 0.29) is 0 Å². The van der Waals surface area contributed by atoms with Crippen molar-refractivity contribution in [1.82, 2.24) is 9.80 Å². The van der Waals surface area contributed by atoms with E-state index in [1.54, 1.807) is 19.1 Å². The maximum Gasteiger partial charge on any atom is 0.337 e. The van der Waals surface area contributed by atoms with Crippen LogP contribution in [0.25, 0.3) is 0 Å². The quantitative estimate of drug-likeness (QED) is 0.374. The zero-order valence-corrected chi connectivity index (χ0v) is 11.9. The molecule has 102 valence electrons. The number of ether oxygens (including phenoxy) is 1. The standard InChI is InChI=1S/C14H24N2O2/c1-7-18-14(17)12(2)8-9-13(3)16(6)11-10-15(4)5/h8-9H,2-3,7,10-11H2,1,4-6H3/b9-8-. The Morgan fingerprint density at radius 1 is 1.17 bits per heavy atom. The summed E-state index contributed by atoms with van der Waals surface area (Å²) in [6, 6.07) is 0. The number of likely N-dealkylation sites (N-methyl/N-ethyl adjacent to an activating group) is 2. The highest BCUT2D eigenvalue weighted by Crippen LogP contribution is 2.04. The minimum atomic E-state index is -0.391. The molecule has 18 heavy (non-hydrogen) atoms. The van der Waals surface area contributed by atoms with Gasteiger partial charge in [-0.05, 0) is 33.2 Å². The first kappa shape index (κ1) is 16.4. The summed E-state index contributed by atoms with van der Waals surface area (Å²) < 4.78 is 4.84. The van der Waals surface area contributed by atoms with Gasteiger partial charge in [-0.2, -0.15) is 0 Å². The summed E-state index contributed by atoms with van der Waals surface area (Å²) in [5, 5.41) is 0. The first-order valence-corrected chi connectivity index (χ1v) is 5.97. The van der Waals surface area contributed by atoms with Gasteiger partial charge in [-0.25, -0.2) is 4.79 Å². The highest BCUT2D eigenvalue weighted by atomic mass is 16.5. The van der Waals surface area contributed by atoms with Crippen molar-refractivity contribution in [3.05, 3.63) is 36.6 Å². The molecule has 0 bridgehead atoms. The molecule has 0 fully saturated rings. The van der Waals surface area contributed by atoms with Crippen molar-refractivity contribution in [1.29, 1.82) is 0 Å². The van der Waals surface area contributed by atoms with E-state index in [0.29, 0.717) is 12.2 Å². The van der Waals surface area contributed by atoms with E-state index in [9.17, 15) is 4.79 Å². The molecule has 0 saturated carbocycles. The first-order valence-electron chi connectivity index (χ1n) is 5.97. The lowest BCUT2D eigenvalue weighted by atomic mass is 10.2. The fourth-order valence-electron chi connectivity index (χ4n) is 1.11. The van der Waals surface area contributed by atoms with Crippen molar-refractivity contribution >= 4 is 5.97 Å². The van der Waals surface area contributed by atoms with Gasteiger partial charge in [0.05, 0.1) is 12.2 Å². The van der Waals surface area contributed by atoms with E-state index in [2.05, 4.69) is 18.1 Å². The van der Waals surface area contributed by atoms with Gasteiger partial charge in [0.15, 0.2) is 0 Å². The Hall–Kier alpha value is -1.55. The number of allylic oxidation sites excluding steroid dienone is 1. The summed E-state index contributed by atoms with van der Waals surface area (Å²) in [6.07, 6.45) is 3.40. The van der Waals surface area contributed by atoms with Gasteiger partial charge in [0, 0.05) is 25.8 Å². The highest BCUT2D eigenvalue weighted by molar-refractivity contribution is 5.90. The largest absolute Gasteiger partial charge is 0.462 e.